The smallest absolute Gasteiger partial charge is 0.368 e. The molecule has 0 amide bonds. The Bertz CT molecular complexity index is 269. The molecule has 72 valence electrons. The Balaban J connectivity index is 4.26. The van der Waals surface area contributed by atoms with Crippen LogP contribution in [-0.2, 0) is 4.94 Å². The number of nitrogens with two attached hydrogens (primary N) is 2. The number of hydrogen-bond acceptors (Lipinski definition) is 4. The molecule has 0 saturated carbocycles. The highest BCUT2D eigenvalue weighted by Gasteiger charge is 1.98. The predicted molar refractivity (Wildman–Crippen MR) is 45.5 cm³/mol. The fourth-order valence-electron chi connectivity index (χ4n) is 0.374. The van der Waals surface area contributed by atoms with Gasteiger partial charge in [0.05, 0.1) is 0 Å². The van der Waals surface area contributed by atoms with Crippen molar-refractivity contribution in [3.63, 3.8) is 0 Å². The van der Waals surface area contributed by atoms with Gasteiger partial charge in [0.1, 0.15) is 5.16 Å². The summed E-state index contributed by atoms with van der Waals surface area (Å²) < 4.78 is 0. The van der Waals surface area contributed by atoms with E-state index in [0.29, 0.717) is 0 Å². The van der Waals surface area contributed by atoms with Crippen LogP contribution in [0.1, 0.15) is 6.92 Å². The van der Waals surface area contributed by atoms with Crippen molar-refractivity contribution in [2.24, 2.45) is 26.6 Å². The Morgan fingerprint density at radius 2 is 2.15 bits per heavy atom. The van der Waals surface area contributed by atoms with E-state index in [1.165, 1.54) is 6.21 Å². The molecule has 0 aromatic rings. The highest BCUT2D eigenvalue weighted by Crippen LogP contribution is 1.79. The van der Waals surface area contributed by atoms with Crippen LogP contribution in [0.5, 0.6) is 0 Å². The molecule has 0 unspecified atom stereocenters. The molecule has 0 rings (SSSR count). The minimum Gasteiger partial charge on any atom is -0.368 e. The summed E-state index contributed by atoms with van der Waals surface area (Å²) in [5.41, 5.74) is 10.2. The highest BCUT2D eigenvalue weighted by atomic mass is 17.0. The number of rotatable bonds is 2. The fourth-order valence-corrected chi connectivity index (χ4v) is 0.374. The molecule has 0 aromatic carbocycles. The third-order valence-corrected chi connectivity index (χ3v) is 0.691. The van der Waals surface area contributed by atoms with Gasteiger partial charge < -0.3 is 11.5 Å². The average Bonchev–Trinajstić information content (AvgIpc) is 2.01. The lowest BCUT2D eigenvalue weighted by molar-refractivity contribution is -0.760. The molecule has 0 fully saturated rings. The summed E-state index contributed by atoms with van der Waals surface area (Å²) in [6.07, 6.45) is 1.38. The maximum atomic E-state index is 9.63. The predicted octanol–water partition coefficient (Wildman–Crippen LogP) is -1.17. The van der Waals surface area contributed by atoms with Crippen molar-refractivity contribution >= 4 is 18.1 Å². The molecule has 0 spiro atoms. The first-order valence-corrected chi connectivity index (χ1v) is 3.04. The van der Waals surface area contributed by atoms with Crippen molar-refractivity contribution in [2.45, 2.75) is 6.92 Å². The molecule has 0 radical (unpaired) electrons. The molecule has 0 heterocycles. The SMILES string of the molecule is C/C=N/C(N)=N/C(N)=N/O[N+](=O)[O-]. The van der Waals surface area contributed by atoms with Crippen molar-refractivity contribution < 1.29 is 10.0 Å². The van der Waals surface area contributed by atoms with Gasteiger partial charge in [-0.1, -0.05) is 0 Å². The molecule has 0 aliphatic heterocycles. The van der Waals surface area contributed by atoms with Crippen LogP contribution >= 0.6 is 0 Å². The molecular formula is C4H8N6O3. The molecule has 4 N–H and O–H groups in total. The number of guanidine groups is 2. The van der Waals surface area contributed by atoms with Crippen molar-refractivity contribution in [1.82, 2.24) is 0 Å². The second-order valence-electron chi connectivity index (χ2n) is 1.61. The van der Waals surface area contributed by atoms with E-state index in [-0.39, 0.29) is 5.96 Å². The second-order valence-corrected chi connectivity index (χ2v) is 1.61. The van der Waals surface area contributed by atoms with Crippen molar-refractivity contribution in [2.75, 3.05) is 0 Å². The lowest BCUT2D eigenvalue weighted by Crippen LogP contribution is -2.17. The lowest BCUT2D eigenvalue weighted by Gasteiger charge is -1.88. The molecular weight excluding hydrogens is 180 g/mol. The van der Waals surface area contributed by atoms with Gasteiger partial charge in [0.25, 0.3) is 0 Å². The van der Waals surface area contributed by atoms with E-state index in [2.05, 4.69) is 20.1 Å². The Labute approximate surface area is 72.9 Å². The van der Waals surface area contributed by atoms with Crippen LogP contribution < -0.4 is 11.5 Å². The van der Waals surface area contributed by atoms with Crippen LogP contribution in [0.3, 0.4) is 0 Å². The van der Waals surface area contributed by atoms with Crippen molar-refractivity contribution in [3.8, 4) is 0 Å². The number of aliphatic imine (C=N–C) groups is 2. The zero-order valence-corrected chi connectivity index (χ0v) is 6.75. The normalized spacial score (nSPS) is 13.3. The van der Waals surface area contributed by atoms with E-state index < -0.39 is 11.0 Å². The Kier molecular flexibility index (Phi) is 4.54. The second kappa shape index (κ2) is 5.46. The third kappa shape index (κ3) is 6.22. The van der Waals surface area contributed by atoms with Crippen molar-refractivity contribution in [1.29, 1.82) is 0 Å². The van der Waals surface area contributed by atoms with Gasteiger partial charge in [0.15, 0.2) is 5.09 Å². The summed E-state index contributed by atoms with van der Waals surface area (Å²) in [6.45, 7) is 1.61. The van der Waals surface area contributed by atoms with Crippen LogP contribution in [0.25, 0.3) is 0 Å². The summed E-state index contributed by atoms with van der Waals surface area (Å²) in [5.74, 6) is -0.657. The molecule has 9 nitrogen and oxygen atoms in total. The largest absolute Gasteiger partial charge is 0.370 e. The number of hydrogen-bond donors (Lipinski definition) is 2. The Morgan fingerprint density at radius 1 is 1.54 bits per heavy atom. The van der Waals surface area contributed by atoms with E-state index in [1.54, 1.807) is 6.92 Å². The maximum absolute atomic E-state index is 9.63. The molecule has 13 heavy (non-hydrogen) atoms. The van der Waals surface area contributed by atoms with Gasteiger partial charge >= 0.3 is 5.96 Å². The zero-order valence-electron chi connectivity index (χ0n) is 6.75. The number of oxime groups is 1. The van der Waals surface area contributed by atoms with Gasteiger partial charge in [-0.3, -0.25) is 0 Å². The minimum absolute atomic E-state index is 0.171. The first-order valence-electron chi connectivity index (χ1n) is 3.04. The summed E-state index contributed by atoms with van der Waals surface area (Å²) in [4.78, 5) is 20.0. The van der Waals surface area contributed by atoms with Crippen LogP contribution in [0, 0.1) is 10.1 Å². The third-order valence-electron chi connectivity index (χ3n) is 0.691. The first-order chi connectivity index (χ1) is 6.06. The summed E-state index contributed by atoms with van der Waals surface area (Å²) >= 11 is 0. The minimum atomic E-state index is -1.14. The van der Waals surface area contributed by atoms with Gasteiger partial charge in [0, 0.05) is 6.21 Å². The summed E-state index contributed by atoms with van der Waals surface area (Å²) in [6, 6.07) is 0. The average molecular weight is 188 g/mol. The van der Waals surface area contributed by atoms with Crippen molar-refractivity contribution in [3.05, 3.63) is 10.1 Å². The monoisotopic (exact) mass is 188 g/mol. The highest BCUT2D eigenvalue weighted by molar-refractivity contribution is 5.96. The summed E-state index contributed by atoms with van der Waals surface area (Å²) in [5, 5.41) is 11.3. The van der Waals surface area contributed by atoms with E-state index in [4.69, 9.17) is 11.5 Å². The van der Waals surface area contributed by atoms with E-state index in [0.717, 1.165) is 0 Å². The zero-order chi connectivity index (χ0) is 10.3. The molecule has 9 heteroatoms. The number of nitrogens with zero attached hydrogens (tertiary/aromatic N) is 4. The standard InChI is InChI=1S/C4H8N6O3/c1-2-7-3(5)8-4(6)9-13-10(11)12/h2H,1H3,(H4,5,6,8,9)/b7-2+. The fraction of sp³-hybridized carbons (Fsp3) is 0.250. The molecule has 0 aliphatic carbocycles. The summed E-state index contributed by atoms with van der Waals surface area (Å²) in [7, 11) is 0. The van der Waals surface area contributed by atoms with Gasteiger partial charge in [-0.25, -0.2) is 15.1 Å². The maximum Gasteiger partial charge on any atom is 0.370 e. The molecule has 0 aromatic heterocycles. The Morgan fingerprint density at radius 3 is 2.62 bits per heavy atom. The molecule has 0 aliphatic rings. The Hall–Kier alpha value is -2.19. The van der Waals surface area contributed by atoms with Gasteiger partial charge in [-0.05, 0) is 6.92 Å². The first kappa shape index (κ1) is 10.8. The van der Waals surface area contributed by atoms with Gasteiger partial charge in [-0.15, -0.1) is 0 Å². The van der Waals surface area contributed by atoms with Crippen LogP contribution in [0.2, 0.25) is 0 Å². The molecule has 0 saturated heterocycles. The topological polar surface area (TPSA) is 141 Å². The van der Waals surface area contributed by atoms with Crippen LogP contribution in [0.15, 0.2) is 15.1 Å². The van der Waals surface area contributed by atoms with Gasteiger partial charge in [-0.2, -0.15) is 9.93 Å². The quantitative estimate of drug-likeness (QED) is 0.243. The van der Waals surface area contributed by atoms with E-state index >= 15 is 0 Å². The molecule has 0 bridgehead atoms. The lowest BCUT2D eigenvalue weighted by atomic mass is 10.8. The molecule has 0 atom stereocenters. The van der Waals surface area contributed by atoms with Crippen LogP contribution in [-0.4, -0.2) is 23.2 Å². The van der Waals surface area contributed by atoms with E-state index in [9.17, 15) is 10.1 Å². The van der Waals surface area contributed by atoms with Crippen LogP contribution in [0.4, 0.5) is 0 Å². The van der Waals surface area contributed by atoms with Gasteiger partial charge in [0.2, 0.25) is 5.96 Å². The van der Waals surface area contributed by atoms with E-state index in [1.807, 2.05) is 0 Å².